The molecule has 0 aliphatic heterocycles. The molecule has 108 valence electrons. The van der Waals surface area contributed by atoms with Crippen molar-refractivity contribution in [1.82, 2.24) is 9.55 Å². The molecule has 0 amide bonds. The summed E-state index contributed by atoms with van der Waals surface area (Å²) in [7, 11) is -3.87. The van der Waals surface area contributed by atoms with Crippen LogP contribution >= 0.6 is 0 Å². The number of sulfonamides is 1. The fraction of sp³-hybridized carbons (Fsp3) is 0.0714. The van der Waals surface area contributed by atoms with Crippen molar-refractivity contribution in [3.63, 3.8) is 0 Å². The Bertz CT molecular complexity index is 948. The minimum absolute atomic E-state index is 0.00525. The van der Waals surface area contributed by atoms with Crippen LogP contribution in [0.4, 0.5) is 4.39 Å². The highest BCUT2D eigenvalue weighted by molar-refractivity contribution is 7.89. The van der Waals surface area contributed by atoms with Crippen LogP contribution in [0.25, 0.3) is 16.7 Å². The molecule has 3 aromatic rings. The molecule has 0 aliphatic carbocycles. The van der Waals surface area contributed by atoms with Gasteiger partial charge in [0.15, 0.2) is 0 Å². The van der Waals surface area contributed by atoms with E-state index in [0.717, 1.165) is 0 Å². The van der Waals surface area contributed by atoms with E-state index in [1.165, 1.54) is 18.3 Å². The smallest absolute Gasteiger partial charge is 0.240 e. The Labute approximate surface area is 120 Å². The summed E-state index contributed by atoms with van der Waals surface area (Å²) < 4.78 is 38.2. The van der Waals surface area contributed by atoms with Crippen LogP contribution in [0.5, 0.6) is 0 Å². The lowest BCUT2D eigenvalue weighted by molar-refractivity contribution is 0.598. The Hall–Kier alpha value is -2.25. The van der Waals surface area contributed by atoms with Gasteiger partial charge in [0.05, 0.1) is 5.69 Å². The lowest BCUT2D eigenvalue weighted by atomic mass is 10.2. The van der Waals surface area contributed by atoms with Crippen LogP contribution in [0, 0.1) is 12.7 Å². The number of nitrogens with two attached hydrogens (primary N) is 1. The topological polar surface area (TPSA) is 78.0 Å². The second-order valence-corrected chi connectivity index (χ2v) is 6.24. The zero-order valence-corrected chi connectivity index (χ0v) is 11.9. The lowest BCUT2D eigenvalue weighted by Gasteiger charge is -2.08. The van der Waals surface area contributed by atoms with E-state index < -0.39 is 10.0 Å². The largest absolute Gasteiger partial charge is 0.300 e. The number of hydrogen-bond acceptors (Lipinski definition) is 3. The van der Waals surface area contributed by atoms with Crippen LogP contribution in [0.15, 0.2) is 47.6 Å². The van der Waals surface area contributed by atoms with Crippen LogP contribution in [0.1, 0.15) is 5.56 Å². The highest BCUT2D eigenvalue weighted by Crippen LogP contribution is 2.27. The van der Waals surface area contributed by atoms with Gasteiger partial charge in [-0.15, -0.1) is 0 Å². The third-order valence-electron chi connectivity index (χ3n) is 3.25. The van der Waals surface area contributed by atoms with E-state index in [9.17, 15) is 12.8 Å². The summed E-state index contributed by atoms with van der Waals surface area (Å²) in [5, 5.41) is 5.68. The molecule has 0 radical (unpaired) electrons. The van der Waals surface area contributed by atoms with Crippen LogP contribution < -0.4 is 5.14 Å². The Kier molecular flexibility index (Phi) is 3.03. The normalized spacial score (nSPS) is 12.0. The molecule has 0 unspecified atom stereocenters. The Morgan fingerprint density at radius 1 is 1.29 bits per heavy atom. The van der Waals surface area contributed by atoms with Crippen molar-refractivity contribution in [2.24, 2.45) is 5.14 Å². The molecule has 3 rings (SSSR count). The molecule has 0 saturated carbocycles. The summed E-state index contributed by atoms with van der Waals surface area (Å²) in [5.41, 5.74) is 1.77. The van der Waals surface area contributed by atoms with Crippen LogP contribution in [-0.4, -0.2) is 18.0 Å². The summed E-state index contributed by atoms with van der Waals surface area (Å²) in [4.78, 5) is 4.20. The summed E-state index contributed by atoms with van der Waals surface area (Å²) in [5.74, 6) is -0.354. The van der Waals surface area contributed by atoms with Gasteiger partial charge in [0.2, 0.25) is 10.0 Å². The summed E-state index contributed by atoms with van der Waals surface area (Å²) in [6, 6.07) is 7.54. The summed E-state index contributed by atoms with van der Waals surface area (Å²) in [6.07, 6.45) is 2.97. The van der Waals surface area contributed by atoms with Crippen molar-refractivity contribution in [2.75, 3.05) is 0 Å². The van der Waals surface area contributed by atoms with E-state index in [0.29, 0.717) is 22.3 Å². The Morgan fingerprint density at radius 3 is 2.71 bits per heavy atom. The zero-order valence-electron chi connectivity index (χ0n) is 11.1. The number of halogens is 1. The number of hydrogen-bond donors (Lipinski definition) is 1. The molecule has 0 aliphatic rings. The van der Waals surface area contributed by atoms with Gasteiger partial charge in [-0.1, -0.05) is 0 Å². The first-order chi connectivity index (χ1) is 9.88. The second-order valence-electron chi connectivity index (χ2n) is 4.71. The van der Waals surface area contributed by atoms with E-state index >= 15 is 0 Å². The number of aromatic nitrogens is 2. The average Bonchev–Trinajstić information content (AvgIpc) is 2.78. The van der Waals surface area contributed by atoms with Crippen molar-refractivity contribution >= 4 is 21.1 Å². The fourth-order valence-corrected chi connectivity index (χ4v) is 3.05. The van der Waals surface area contributed by atoms with Gasteiger partial charge in [0.1, 0.15) is 16.4 Å². The molecule has 7 heteroatoms. The maximum absolute atomic E-state index is 13.2. The number of benzene rings is 1. The van der Waals surface area contributed by atoms with Crippen molar-refractivity contribution in [3.05, 3.63) is 54.1 Å². The highest BCUT2D eigenvalue weighted by Gasteiger charge is 2.19. The molecule has 2 N–H and O–H groups in total. The molecule has 5 nitrogen and oxygen atoms in total. The molecule has 2 aromatic heterocycles. The van der Waals surface area contributed by atoms with Crippen molar-refractivity contribution in [2.45, 2.75) is 11.8 Å². The number of rotatable bonds is 2. The SMILES string of the molecule is Cc1cc(F)ccc1-n1cc(S(N)(=O)=O)c2cccnc21. The maximum atomic E-state index is 13.2. The van der Waals surface area contributed by atoms with Crippen LogP contribution in [0.3, 0.4) is 0 Å². The highest BCUT2D eigenvalue weighted by atomic mass is 32.2. The van der Waals surface area contributed by atoms with Crippen LogP contribution in [-0.2, 0) is 10.0 Å². The second kappa shape index (κ2) is 4.64. The van der Waals surface area contributed by atoms with E-state index in [-0.39, 0.29) is 10.7 Å². The number of fused-ring (bicyclic) bond motifs is 1. The number of aryl methyl sites for hydroxylation is 1. The van der Waals surface area contributed by atoms with Crippen molar-refractivity contribution < 1.29 is 12.8 Å². The number of nitrogens with zero attached hydrogens (tertiary/aromatic N) is 2. The van der Waals surface area contributed by atoms with Gasteiger partial charge in [0.25, 0.3) is 0 Å². The molecule has 1 aromatic carbocycles. The van der Waals surface area contributed by atoms with E-state index in [1.807, 2.05) is 0 Å². The first-order valence-electron chi connectivity index (χ1n) is 6.13. The molecule has 21 heavy (non-hydrogen) atoms. The maximum Gasteiger partial charge on any atom is 0.240 e. The van der Waals surface area contributed by atoms with Gasteiger partial charge in [-0.3, -0.25) is 4.57 Å². The quantitative estimate of drug-likeness (QED) is 0.787. The van der Waals surface area contributed by atoms with Gasteiger partial charge in [-0.05, 0) is 42.8 Å². The van der Waals surface area contributed by atoms with Crippen molar-refractivity contribution in [3.8, 4) is 5.69 Å². The predicted molar refractivity (Wildman–Crippen MR) is 77.1 cm³/mol. The van der Waals surface area contributed by atoms with Gasteiger partial charge in [0, 0.05) is 17.8 Å². The molecule has 0 fully saturated rings. The van der Waals surface area contributed by atoms with Gasteiger partial charge < -0.3 is 0 Å². The van der Waals surface area contributed by atoms with E-state index in [1.54, 1.807) is 35.9 Å². The molecule has 0 spiro atoms. The minimum Gasteiger partial charge on any atom is -0.300 e. The first kappa shape index (κ1) is 13.7. The monoisotopic (exact) mass is 305 g/mol. The number of primary sulfonamides is 1. The number of pyridine rings is 1. The molecule has 0 saturated heterocycles. The zero-order chi connectivity index (χ0) is 15.2. The fourth-order valence-electron chi connectivity index (χ4n) is 2.33. The van der Waals surface area contributed by atoms with Gasteiger partial charge in [-0.25, -0.2) is 22.9 Å². The Morgan fingerprint density at radius 2 is 2.05 bits per heavy atom. The summed E-state index contributed by atoms with van der Waals surface area (Å²) >= 11 is 0. The molecular weight excluding hydrogens is 293 g/mol. The van der Waals surface area contributed by atoms with Gasteiger partial charge in [-0.2, -0.15) is 0 Å². The third kappa shape index (κ3) is 2.30. The Balaban J connectivity index is 2.39. The standard InChI is InChI=1S/C14H12FN3O2S/c1-9-7-10(15)4-5-12(9)18-8-13(21(16,19)20)11-3-2-6-17-14(11)18/h2-8H,1H3,(H2,16,19,20). The lowest BCUT2D eigenvalue weighted by Crippen LogP contribution is -2.11. The van der Waals surface area contributed by atoms with E-state index in [2.05, 4.69) is 4.98 Å². The predicted octanol–water partition coefficient (Wildman–Crippen LogP) is 2.12. The molecule has 2 heterocycles. The summed E-state index contributed by atoms with van der Waals surface area (Å²) in [6.45, 7) is 1.74. The third-order valence-corrected chi connectivity index (χ3v) is 4.19. The first-order valence-corrected chi connectivity index (χ1v) is 7.68. The molecular formula is C14H12FN3O2S. The van der Waals surface area contributed by atoms with E-state index in [4.69, 9.17) is 5.14 Å². The van der Waals surface area contributed by atoms with Crippen LogP contribution in [0.2, 0.25) is 0 Å². The molecule has 0 atom stereocenters. The minimum atomic E-state index is -3.87. The molecule has 0 bridgehead atoms. The van der Waals surface area contributed by atoms with Gasteiger partial charge >= 0.3 is 0 Å². The average molecular weight is 305 g/mol. The van der Waals surface area contributed by atoms with Crippen molar-refractivity contribution in [1.29, 1.82) is 0 Å².